The van der Waals surface area contributed by atoms with Gasteiger partial charge < -0.3 is 5.32 Å². The summed E-state index contributed by atoms with van der Waals surface area (Å²) in [6.45, 7) is -0.260. The van der Waals surface area contributed by atoms with Gasteiger partial charge in [-0.05, 0) is 40.6 Å². The van der Waals surface area contributed by atoms with Crippen LogP contribution in [0.2, 0.25) is 0 Å². The van der Waals surface area contributed by atoms with Crippen LogP contribution >= 0.6 is 0 Å². The molecule has 0 aliphatic carbocycles. The SMILES string of the molecule is O=C(CNC(=O)c1cccc(F)c1)NN=Cc1ccc2ccccc2c1. The van der Waals surface area contributed by atoms with Gasteiger partial charge in [0.25, 0.3) is 11.8 Å². The predicted molar refractivity (Wildman–Crippen MR) is 98.4 cm³/mol. The standard InChI is InChI=1S/C20H16FN3O2/c21-18-7-3-6-17(11-18)20(26)22-13-19(25)24-23-12-14-8-9-15-4-1-2-5-16(15)10-14/h1-12H,13H2,(H,22,26)(H,24,25). The molecule has 2 amide bonds. The molecule has 6 heteroatoms. The summed E-state index contributed by atoms with van der Waals surface area (Å²) in [5, 5.41) is 8.48. The van der Waals surface area contributed by atoms with Crippen molar-refractivity contribution in [3.8, 4) is 0 Å². The van der Waals surface area contributed by atoms with E-state index < -0.39 is 17.6 Å². The average molecular weight is 349 g/mol. The normalized spacial score (nSPS) is 10.8. The number of hydrazone groups is 1. The molecular weight excluding hydrogens is 333 g/mol. The number of carbonyl (C=O) groups excluding carboxylic acids is 2. The third kappa shape index (κ3) is 4.51. The zero-order valence-corrected chi connectivity index (χ0v) is 13.8. The molecule has 26 heavy (non-hydrogen) atoms. The summed E-state index contributed by atoms with van der Waals surface area (Å²) in [5.74, 6) is -1.52. The first-order valence-electron chi connectivity index (χ1n) is 7.96. The van der Waals surface area contributed by atoms with Crippen LogP contribution in [0.15, 0.2) is 71.8 Å². The van der Waals surface area contributed by atoms with Crippen LogP contribution in [-0.2, 0) is 4.79 Å². The minimum absolute atomic E-state index is 0.150. The molecule has 0 fully saturated rings. The zero-order valence-electron chi connectivity index (χ0n) is 13.8. The summed E-state index contributed by atoms with van der Waals surface area (Å²) in [6.07, 6.45) is 1.53. The molecular formula is C20H16FN3O2. The van der Waals surface area contributed by atoms with Gasteiger partial charge in [0.1, 0.15) is 5.82 Å². The van der Waals surface area contributed by atoms with Crippen LogP contribution in [0.4, 0.5) is 4.39 Å². The third-order valence-electron chi connectivity index (χ3n) is 3.67. The Balaban J connectivity index is 1.51. The van der Waals surface area contributed by atoms with E-state index in [1.807, 2.05) is 42.5 Å². The molecule has 0 aliphatic heterocycles. The third-order valence-corrected chi connectivity index (χ3v) is 3.67. The first kappa shape index (κ1) is 17.3. The first-order chi connectivity index (χ1) is 12.6. The van der Waals surface area contributed by atoms with Gasteiger partial charge in [-0.25, -0.2) is 9.82 Å². The maximum absolute atomic E-state index is 13.1. The van der Waals surface area contributed by atoms with Gasteiger partial charge in [0.15, 0.2) is 0 Å². The maximum atomic E-state index is 13.1. The second-order valence-electron chi connectivity index (χ2n) is 5.59. The number of rotatable bonds is 5. The highest BCUT2D eigenvalue weighted by molar-refractivity contribution is 5.96. The molecule has 3 aromatic rings. The lowest BCUT2D eigenvalue weighted by atomic mass is 10.1. The van der Waals surface area contributed by atoms with E-state index in [0.29, 0.717) is 0 Å². The van der Waals surface area contributed by atoms with Crippen molar-refractivity contribution >= 4 is 28.8 Å². The number of fused-ring (bicyclic) bond motifs is 1. The molecule has 3 aromatic carbocycles. The topological polar surface area (TPSA) is 70.6 Å². The van der Waals surface area contributed by atoms with Crippen molar-refractivity contribution in [1.82, 2.24) is 10.7 Å². The van der Waals surface area contributed by atoms with Crippen LogP contribution in [0.25, 0.3) is 10.8 Å². The number of hydrogen-bond donors (Lipinski definition) is 2. The van der Waals surface area contributed by atoms with Crippen molar-refractivity contribution < 1.29 is 14.0 Å². The quantitative estimate of drug-likeness (QED) is 0.549. The largest absolute Gasteiger partial charge is 0.343 e. The molecule has 0 atom stereocenters. The number of halogens is 1. The Labute approximate surface area is 149 Å². The summed E-state index contributed by atoms with van der Waals surface area (Å²) in [6, 6.07) is 19.0. The van der Waals surface area contributed by atoms with E-state index in [-0.39, 0.29) is 12.1 Å². The van der Waals surface area contributed by atoms with Crippen LogP contribution in [0.1, 0.15) is 15.9 Å². The fourth-order valence-electron chi connectivity index (χ4n) is 2.40. The highest BCUT2D eigenvalue weighted by Crippen LogP contribution is 2.14. The van der Waals surface area contributed by atoms with Gasteiger partial charge in [0, 0.05) is 5.56 Å². The molecule has 3 rings (SSSR count). The second kappa shape index (κ2) is 8.02. The van der Waals surface area contributed by atoms with Gasteiger partial charge in [0.2, 0.25) is 0 Å². The molecule has 5 nitrogen and oxygen atoms in total. The van der Waals surface area contributed by atoms with Crippen LogP contribution in [-0.4, -0.2) is 24.6 Å². The minimum atomic E-state index is -0.529. The molecule has 0 aromatic heterocycles. The van der Waals surface area contributed by atoms with Gasteiger partial charge in [0.05, 0.1) is 12.8 Å². The Hall–Kier alpha value is -3.54. The maximum Gasteiger partial charge on any atom is 0.259 e. The lowest BCUT2D eigenvalue weighted by Crippen LogP contribution is -2.34. The van der Waals surface area contributed by atoms with Crippen molar-refractivity contribution in [2.45, 2.75) is 0 Å². The molecule has 0 saturated heterocycles. The van der Waals surface area contributed by atoms with E-state index >= 15 is 0 Å². The van der Waals surface area contributed by atoms with E-state index in [4.69, 9.17) is 0 Å². The molecule has 0 unspecified atom stereocenters. The molecule has 2 N–H and O–H groups in total. The van der Waals surface area contributed by atoms with Gasteiger partial charge >= 0.3 is 0 Å². The second-order valence-corrected chi connectivity index (χ2v) is 5.59. The van der Waals surface area contributed by atoms with Gasteiger partial charge in [-0.3, -0.25) is 9.59 Å². The molecule has 0 spiro atoms. The number of carbonyl (C=O) groups is 2. The number of amides is 2. The highest BCUT2D eigenvalue weighted by atomic mass is 19.1. The Kier molecular flexibility index (Phi) is 5.34. The molecule has 0 radical (unpaired) electrons. The van der Waals surface area contributed by atoms with Gasteiger partial charge in [-0.15, -0.1) is 0 Å². The minimum Gasteiger partial charge on any atom is -0.343 e. The number of nitrogens with zero attached hydrogens (tertiary/aromatic N) is 1. The van der Waals surface area contributed by atoms with E-state index in [1.54, 1.807) is 0 Å². The van der Waals surface area contributed by atoms with Crippen LogP contribution < -0.4 is 10.7 Å². The number of hydrogen-bond acceptors (Lipinski definition) is 3. The summed E-state index contributed by atoms with van der Waals surface area (Å²) < 4.78 is 13.1. The van der Waals surface area contributed by atoms with Crippen LogP contribution in [0, 0.1) is 5.82 Å². The smallest absolute Gasteiger partial charge is 0.259 e. The molecule has 0 aliphatic rings. The van der Waals surface area contributed by atoms with Gasteiger partial charge in [-0.2, -0.15) is 5.10 Å². The lowest BCUT2D eigenvalue weighted by molar-refractivity contribution is -0.120. The van der Waals surface area contributed by atoms with Crippen molar-refractivity contribution in [2.24, 2.45) is 5.10 Å². The van der Waals surface area contributed by atoms with Crippen molar-refractivity contribution in [2.75, 3.05) is 6.54 Å². The Bertz CT molecular complexity index is 985. The first-order valence-corrected chi connectivity index (χ1v) is 7.96. The van der Waals surface area contributed by atoms with Gasteiger partial charge in [-0.1, -0.05) is 42.5 Å². The predicted octanol–water partition coefficient (Wildman–Crippen LogP) is 2.86. The summed E-state index contributed by atoms with van der Waals surface area (Å²) in [5.41, 5.74) is 3.33. The Morgan fingerprint density at radius 1 is 0.962 bits per heavy atom. The van der Waals surface area contributed by atoms with E-state index in [9.17, 15) is 14.0 Å². The molecule has 130 valence electrons. The molecule has 0 saturated carbocycles. The fourth-order valence-corrected chi connectivity index (χ4v) is 2.40. The highest BCUT2D eigenvalue weighted by Gasteiger charge is 2.08. The summed E-state index contributed by atoms with van der Waals surface area (Å²) >= 11 is 0. The van der Waals surface area contributed by atoms with Crippen molar-refractivity contribution in [3.63, 3.8) is 0 Å². The molecule has 0 bridgehead atoms. The van der Waals surface area contributed by atoms with E-state index in [0.717, 1.165) is 22.4 Å². The number of nitrogens with one attached hydrogen (secondary N) is 2. The zero-order chi connectivity index (χ0) is 18.4. The Morgan fingerprint density at radius 2 is 1.77 bits per heavy atom. The van der Waals surface area contributed by atoms with Crippen LogP contribution in [0.5, 0.6) is 0 Å². The van der Waals surface area contributed by atoms with E-state index in [1.165, 1.54) is 24.4 Å². The van der Waals surface area contributed by atoms with Crippen molar-refractivity contribution in [3.05, 3.63) is 83.7 Å². The summed E-state index contributed by atoms with van der Waals surface area (Å²) in [4.78, 5) is 23.6. The lowest BCUT2D eigenvalue weighted by Gasteiger charge is -2.04. The monoisotopic (exact) mass is 349 g/mol. The van der Waals surface area contributed by atoms with E-state index in [2.05, 4.69) is 15.8 Å². The fraction of sp³-hybridized carbons (Fsp3) is 0.0500. The Morgan fingerprint density at radius 3 is 2.58 bits per heavy atom. The molecule has 0 heterocycles. The number of benzene rings is 3. The van der Waals surface area contributed by atoms with Crippen LogP contribution in [0.3, 0.4) is 0 Å². The summed E-state index contributed by atoms with van der Waals surface area (Å²) in [7, 11) is 0. The average Bonchev–Trinajstić information content (AvgIpc) is 2.66. The van der Waals surface area contributed by atoms with Crippen molar-refractivity contribution in [1.29, 1.82) is 0 Å².